The zero-order chi connectivity index (χ0) is 55.8. The van der Waals surface area contributed by atoms with E-state index < -0.39 is 32.4 Å². The van der Waals surface area contributed by atoms with Crippen LogP contribution in [0.4, 0.5) is 0 Å². The topological polar surface area (TPSA) is 226 Å². The van der Waals surface area contributed by atoms with Gasteiger partial charge in [-0.15, -0.1) is 0 Å². The molecule has 17 nitrogen and oxygen atoms in total. The lowest BCUT2D eigenvalue weighted by atomic mass is 9.81. The molecule has 8 atom stereocenters. The molecule has 0 bridgehead atoms. The van der Waals surface area contributed by atoms with Crippen LogP contribution < -0.4 is 18.9 Å². The number of nitrogens with zero attached hydrogens (tertiary/aromatic N) is 6. The zero-order valence-electron chi connectivity index (χ0n) is 48.1. The first kappa shape index (κ1) is 65.4. The van der Waals surface area contributed by atoms with Crippen molar-refractivity contribution in [2.75, 3.05) is 54.9 Å². The van der Waals surface area contributed by atoms with E-state index in [4.69, 9.17) is 37.6 Å². The number of carboxylic acid groups (broad SMARTS) is 1. The van der Waals surface area contributed by atoms with E-state index in [0.29, 0.717) is 81.0 Å². The molecule has 418 valence electrons. The average Bonchev–Trinajstić information content (AvgIpc) is 3.73. The summed E-state index contributed by atoms with van der Waals surface area (Å²) in [7, 11) is 4.30. The van der Waals surface area contributed by atoms with Gasteiger partial charge in [-0.1, -0.05) is 98.5 Å². The monoisotopic (exact) mass is 1050 g/mol. The molecular weight excluding hydrogens is 961 g/mol. The van der Waals surface area contributed by atoms with Crippen molar-refractivity contribution < 1.29 is 52.3 Å². The van der Waals surface area contributed by atoms with Crippen molar-refractivity contribution in [2.45, 2.75) is 170 Å². The van der Waals surface area contributed by atoms with E-state index in [2.05, 4.69) is 81.6 Å². The Kier molecular flexibility index (Phi) is 28.9. The molecule has 0 spiro atoms. The van der Waals surface area contributed by atoms with Gasteiger partial charge in [0.2, 0.25) is 0 Å². The predicted octanol–water partition coefficient (Wildman–Crippen LogP) is 13.7. The maximum atomic E-state index is 12.3. The molecule has 18 heteroatoms. The third kappa shape index (κ3) is 21.5. The van der Waals surface area contributed by atoms with E-state index in [9.17, 15) is 25.8 Å². The van der Waals surface area contributed by atoms with Crippen LogP contribution in [0.1, 0.15) is 126 Å². The maximum Gasteiger partial charge on any atom is 0.309 e. The fourth-order valence-corrected chi connectivity index (χ4v) is 10.3. The number of carbonyl (C=O) groups excluding carboxylic acids is 1. The van der Waals surface area contributed by atoms with Gasteiger partial charge in [0.05, 0.1) is 57.5 Å². The van der Waals surface area contributed by atoms with Crippen molar-refractivity contribution in [2.24, 2.45) is 57.6 Å². The number of azide groups is 2. The molecule has 1 saturated heterocycles. The highest BCUT2D eigenvalue weighted by Gasteiger charge is 2.43. The fourth-order valence-electron chi connectivity index (χ4n) is 8.94. The van der Waals surface area contributed by atoms with Crippen LogP contribution >= 0.6 is 0 Å². The van der Waals surface area contributed by atoms with Crippen molar-refractivity contribution in [3.05, 3.63) is 68.4 Å². The Morgan fingerprint density at radius 2 is 1.22 bits per heavy atom. The molecule has 1 aliphatic rings. The number of ether oxygens (including phenoxy) is 7. The Morgan fingerprint density at radius 3 is 1.59 bits per heavy atom. The summed E-state index contributed by atoms with van der Waals surface area (Å²) in [6.45, 7) is 29.7. The van der Waals surface area contributed by atoms with Crippen molar-refractivity contribution in [3.63, 3.8) is 0 Å². The lowest BCUT2D eigenvalue weighted by molar-refractivity contribution is -0.146. The lowest BCUT2D eigenvalue weighted by Gasteiger charge is -2.42. The van der Waals surface area contributed by atoms with Crippen LogP contribution in [0.15, 0.2) is 46.6 Å². The molecule has 0 unspecified atom stereocenters. The Hall–Kier alpha value is -4.70. The number of esters is 1. The molecule has 0 aliphatic carbocycles. The minimum Gasteiger partial charge on any atom is -0.493 e. The van der Waals surface area contributed by atoms with Crippen molar-refractivity contribution in [1.82, 2.24) is 0 Å². The Labute approximate surface area is 444 Å². The van der Waals surface area contributed by atoms with Gasteiger partial charge in [0.1, 0.15) is 6.10 Å². The fraction of sp³-hybridized carbons (Fsp3) is 0.750. The largest absolute Gasteiger partial charge is 0.493 e. The van der Waals surface area contributed by atoms with Crippen LogP contribution in [0.2, 0.25) is 18.1 Å². The van der Waals surface area contributed by atoms with Gasteiger partial charge in [-0.05, 0) is 139 Å². The maximum absolute atomic E-state index is 12.3. The van der Waals surface area contributed by atoms with Gasteiger partial charge in [-0.2, -0.15) is 0 Å². The normalized spacial score (nSPS) is 17.3. The molecule has 1 N–H and O–H groups in total. The van der Waals surface area contributed by atoms with Crippen molar-refractivity contribution in [3.8, 4) is 23.0 Å². The number of carbonyl (C=O) groups is 2. The van der Waals surface area contributed by atoms with E-state index in [1.807, 2.05) is 64.1 Å². The highest BCUT2D eigenvalue weighted by Crippen LogP contribution is 2.41. The van der Waals surface area contributed by atoms with Crippen LogP contribution in [0.25, 0.3) is 20.9 Å². The van der Waals surface area contributed by atoms with Crippen LogP contribution in [0, 0.1) is 47.3 Å². The number of carboxylic acids is 1. The van der Waals surface area contributed by atoms with Gasteiger partial charge >= 0.3 is 11.9 Å². The van der Waals surface area contributed by atoms with Gasteiger partial charge in [-0.25, -0.2) is 0 Å². The Morgan fingerprint density at radius 1 is 0.730 bits per heavy atom. The van der Waals surface area contributed by atoms with E-state index in [-0.39, 0.29) is 58.7 Å². The van der Waals surface area contributed by atoms with Gasteiger partial charge in [0.25, 0.3) is 0 Å². The third-order valence-corrected chi connectivity index (χ3v) is 19.4. The Balaban J connectivity index is 0.000000518. The molecule has 0 amide bonds. The third-order valence-electron chi connectivity index (χ3n) is 14.9. The average molecular weight is 1060 g/mol. The van der Waals surface area contributed by atoms with E-state index in [0.717, 1.165) is 36.8 Å². The summed E-state index contributed by atoms with van der Waals surface area (Å²) in [5, 5.41) is 18.2. The number of rotatable bonds is 33. The van der Waals surface area contributed by atoms with Crippen LogP contribution in [-0.4, -0.2) is 105 Å². The smallest absolute Gasteiger partial charge is 0.309 e. The second-order valence-electron chi connectivity index (χ2n) is 22.7. The summed E-state index contributed by atoms with van der Waals surface area (Å²) >= 11 is 0. The van der Waals surface area contributed by atoms with Crippen molar-refractivity contribution >= 4 is 20.3 Å². The van der Waals surface area contributed by atoms with Crippen LogP contribution in [-0.2, 0) is 41.1 Å². The minimum atomic E-state index is -2.30. The second-order valence-corrected chi connectivity index (χ2v) is 27.5. The predicted molar refractivity (Wildman–Crippen MR) is 295 cm³/mol. The van der Waals surface area contributed by atoms with Crippen LogP contribution in [0.3, 0.4) is 0 Å². The summed E-state index contributed by atoms with van der Waals surface area (Å²) < 4.78 is 45.6. The van der Waals surface area contributed by atoms with Crippen molar-refractivity contribution in [1.29, 1.82) is 0 Å². The van der Waals surface area contributed by atoms with Crippen LogP contribution in [0.5, 0.6) is 23.0 Å². The van der Waals surface area contributed by atoms with Gasteiger partial charge < -0.3 is 42.7 Å². The standard InChI is InChI=1S/C31H55N3O6Si.C25H39N3O5/c1-21(2)24(17-23-13-14-27(38-9)29(18-23)39-16-12-15-37-8)19-26(33-34-32)28(20-25(22(3)4)30(35)36)40-41(10,11)31(5,6)7;1-16(2)19(14-21(27-28-26)23-15-20(17(3)4)25(29)33-23)12-18-8-9-22(31-6)24(13-18)32-11-7-10-30-5/h13-14,18,21-22,24-26,28H,12,15-17,19-20H2,1-11H3,(H,35,36);8-9,13,16-17,19-21,23H,7,10-12,14-15H2,1-6H3/t24-,25-,26-,28+;19-,20-,21-,23-/m00/s1. The van der Waals surface area contributed by atoms with E-state index in [1.54, 1.807) is 28.4 Å². The van der Waals surface area contributed by atoms with E-state index in [1.165, 1.54) is 0 Å². The highest BCUT2D eigenvalue weighted by atomic mass is 28.4. The first-order chi connectivity index (χ1) is 34.9. The first-order valence-corrected chi connectivity index (χ1v) is 29.6. The molecule has 1 aliphatic heterocycles. The lowest BCUT2D eigenvalue weighted by Crippen LogP contribution is -2.48. The quantitative estimate of drug-likeness (QED) is 0.0177. The van der Waals surface area contributed by atoms with Gasteiger partial charge in [-0.3, -0.25) is 9.59 Å². The highest BCUT2D eigenvalue weighted by molar-refractivity contribution is 6.74. The zero-order valence-corrected chi connectivity index (χ0v) is 49.1. The summed E-state index contributed by atoms with van der Waals surface area (Å²) in [4.78, 5) is 30.8. The summed E-state index contributed by atoms with van der Waals surface area (Å²) in [5.41, 5.74) is 21.0. The molecule has 0 saturated carbocycles. The molecule has 3 rings (SSSR count). The summed E-state index contributed by atoms with van der Waals surface area (Å²) in [5.74, 6) is 2.18. The number of cyclic esters (lactones) is 1. The SMILES string of the molecule is COCCCOc1cc(C[C@@H](C[C@H](N=[N+]=[N-])[C@@H](C[C@H](C(=O)O)C(C)C)O[Si](C)(C)C(C)(C)C)C(C)C)ccc1OC.COCCCOc1cc(C[C@@H](C[C@H](N=[N+]=[N-])[C@@H]2C[C@@H](C(C)C)C(=O)O2)C(C)C)ccc1OC. The Bertz CT molecular complexity index is 2090. The molecule has 1 heterocycles. The molecule has 2 aromatic carbocycles. The van der Waals surface area contributed by atoms with E-state index >= 15 is 0 Å². The molecule has 0 radical (unpaired) electrons. The molecule has 1 fully saturated rings. The molecule has 74 heavy (non-hydrogen) atoms. The number of hydrogen-bond donors (Lipinski definition) is 1. The number of aliphatic carboxylic acids is 1. The van der Waals surface area contributed by atoms with Gasteiger partial charge in [0.15, 0.2) is 31.3 Å². The molecule has 2 aromatic rings. The first-order valence-electron chi connectivity index (χ1n) is 26.6. The number of benzene rings is 2. The second kappa shape index (κ2) is 32.7. The number of hydrogen-bond acceptors (Lipinski definition) is 12. The summed E-state index contributed by atoms with van der Waals surface area (Å²) in [6.07, 6.45) is 4.39. The van der Waals surface area contributed by atoms with Gasteiger partial charge in [0, 0.05) is 50.1 Å². The summed E-state index contributed by atoms with van der Waals surface area (Å²) in [6, 6.07) is 11.1. The minimum absolute atomic E-state index is 0.0766. The molecular formula is C56H94N6O11Si. The number of methoxy groups -OCH3 is 4. The molecule has 0 aromatic heterocycles.